The average molecular weight is 1650 g/mol. The normalized spacial score (nSPS) is 10.9. The van der Waals surface area contributed by atoms with Crippen molar-refractivity contribution in [3.8, 4) is 32.4 Å². The fraction of sp³-hybridized carbons (Fsp3) is 0.549. The second kappa shape index (κ2) is 58.1. The molecule has 0 unspecified atom stereocenters. The molecule has 2 aliphatic heterocycles. The van der Waals surface area contributed by atoms with Crippen LogP contribution in [0.3, 0.4) is 0 Å². The van der Waals surface area contributed by atoms with Crippen molar-refractivity contribution in [3.63, 3.8) is 0 Å². The van der Waals surface area contributed by atoms with Crippen molar-refractivity contribution in [3.05, 3.63) is 173 Å². The number of benzene rings is 2. The van der Waals surface area contributed by atoms with Gasteiger partial charge in [-0.25, -0.2) is 29.0 Å². The van der Waals surface area contributed by atoms with E-state index in [-0.39, 0.29) is 19.2 Å². The molecule has 10 rings (SSSR count). The summed E-state index contributed by atoms with van der Waals surface area (Å²) in [6.07, 6.45) is 10.2. The van der Waals surface area contributed by atoms with Crippen LogP contribution in [-0.2, 0) is 45.6 Å². The quantitative estimate of drug-likeness (QED) is 0.0181. The van der Waals surface area contributed by atoms with Crippen molar-refractivity contribution in [2.45, 2.75) is 264 Å². The minimum atomic E-state index is -2.02. The molecule has 0 saturated carbocycles. The zero-order chi connectivity index (χ0) is 80.3. The Balaban J connectivity index is 0. The number of hydrogen-bond acceptors (Lipinski definition) is 14. The minimum absolute atomic E-state index is 0. The predicted molar refractivity (Wildman–Crippen MR) is 449 cm³/mol. The van der Waals surface area contributed by atoms with Gasteiger partial charge in [-0.15, -0.1) is 15.3 Å². The van der Waals surface area contributed by atoms with Gasteiger partial charge in [0.2, 0.25) is 11.9 Å². The predicted octanol–water partition coefficient (Wildman–Crippen LogP) is 20.4. The third kappa shape index (κ3) is 33.2. The number of amides is 2. The van der Waals surface area contributed by atoms with Gasteiger partial charge in [-0.1, -0.05) is 115 Å². The van der Waals surface area contributed by atoms with E-state index in [0.717, 1.165) is 136 Å². The van der Waals surface area contributed by atoms with E-state index in [2.05, 4.69) is 157 Å². The molecule has 0 bridgehead atoms. The number of pyridine rings is 3. The Labute approximate surface area is 654 Å². The van der Waals surface area contributed by atoms with Crippen molar-refractivity contribution in [1.82, 2.24) is 75.9 Å². The molecule has 8 aromatic rings. The van der Waals surface area contributed by atoms with Gasteiger partial charge in [0.1, 0.15) is 17.2 Å². The van der Waals surface area contributed by atoms with Gasteiger partial charge in [-0.2, -0.15) is 8.78 Å². The Morgan fingerprint density at radius 2 is 1.03 bits per heavy atom. The molecule has 3 N–H and O–H groups in total. The summed E-state index contributed by atoms with van der Waals surface area (Å²) in [5, 5.41) is 36.3. The second-order valence-corrected chi connectivity index (χ2v) is 36.8. The van der Waals surface area contributed by atoms with E-state index >= 15 is 0 Å². The van der Waals surface area contributed by atoms with Crippen molar-refractivity contribution in [2.75, 3.05) is 38.6 Å². The standard InChI is InChI=1S/C22H26N6O.C11H13FN4.C11H14N2O.C6H5BrFN.C6H11N3.3C4H9.C3H3.C2H5N3.4C2H6.CH4.Sn/c1-5-28-15(3)21(25-26-28)17-9-10-20(24-14(17)2)27-12-11-16-7-6-8-18(19(16)13-27)22(29)23-4;1-4-16-8(3)11(14-15-16)9-5-6-10(12)13-7(9)2;1-12-11(14)9-4-2-3-8-5-6-13-7-10(8)9;1-4-5(7)2-3-6(8)9-4;1-4-9-6(3)5(2)7-8-9;3*1-3-4-2;1-3-2;1-2-4-5-3;4*1-2;;/h6-10H,5,11-13H2,1-4H3,(H,23,29);5-6H,4H2,1-3H3;2-4,13H,5-7H2,1H3,(H,12,14);2-3H,1H3;4H2,1-3H3;3*1,3-4H2,2H3;1H3;2H2,1H3;4*1-2H3;1H4;. The van der Waals surface area contributed by atoms with E-state index in [0.29, 0.717) is 24.5 Å². The Kier molecular flexibility index (Phi) is 54.9. The van der Waals surface area contributed by atoms with Gasteiger partial charge in [0.05, 0.1) is 34.2 Å². The molecular weight excluding hydrogens is 1520 g/mol. The minimum Gasteiger partial charge on any atom is -0.355 e. The maximum absolute atomic E-state index is 12.9. The van der Waals surface area contributed by atoms with Gasteiger partial charge < -0.3 is 20.9 Å². The number of carbonyl (C=O) groups is 2. The van der Waals surface area contributed by atoms with Gasteiger partial charge in [0, 0.05) is 97.2 Å². The number of aryl methyl sites for hydroxylation is 7. The van der Waals surface area contributed by atoms with E-state index in [1.165, 1.54) is 75.1 Å². The molecule has 2 aromatic carbocycles. The van der Waals surface area contributed by atoms with Gasteiger partial charge in [-0.3, -0.25) is 9.59 Å². The number of anilines is 1. The number of hydrogen-bond donors (Lipinski definition) is 3. The molecule has 0 saturated heterocycles. The number of azide groups is 1. The molecule has 21 nitrogen and oxygen atoms in total. The smallest absolute Gasteiger partial charge is 0.251 e. The fourth-order valence-electron chi connectivity index (χ4n) is 11.3. The summed E-state index contributed by atoms with van der Waals surface area (Å²) >= 11 is 1.18. The SMILES string of the molecule is C.CC.CC.CC.CC.CC#[C][Sn]([CH2]CCC)([CH2]CCC)[CH2]CCC.CCN=[N+]=[N-].CCn1nnc(-c2ccc(F)nc2C)c1C.CCn1nnc(-c2ccc(N3CCc4cccc(C(=O)NC)c4C3)nc2C)c1C.CCn1nnc(C)c1C.CNC(=O)c1cccc2c1CNCC2.Cc1nc(F)ccc1Br. The van der Waals surface area contributed by atoms with Crippen LogP contribution in [0.5, 0.6) is 0 Å². The maximum Gasteiger partial charge on any atom is 0.251 e. The third-order valence-electron chi connectivity index (χ3n) is 17.0. The van der Waals surface area contributed by atoms with Crippen LogP contribution in [0.1, 0.15) is 240 Å². The number of nitrogens with zero attached hydrogens (tertiary/aromatic N) is 16. The molecule has 107 heavy (non-hydrogen) atoms. The Bertz CT molecular complexity index is 3910. The zero-order valence-corrected chi connectivity index (χ0v) is 73.4. The molecule has 0 aliphatic carbocycles. The Hall–Kier alpha value is -7.98. The van der Waals surface area contributed by atoms with E-state index in [1.807, 2.05) is 137 Å². The molecule has 0 radical (unpaired) electrons. The molecule has 2 amide bonds. The molecule has 2 aliphatic rings. The van der Waals surface area contributed by atoms with Crippen molar-refractivity contribution in [1.29, 1.82) is 0 Å². The van der Waals surface area contributed by atoms with E-state index < -0.39 is 30.3 Å². The number of aromatic nitrogens is 12. The third-order valence-corrected chi connectivity index (χ3v) is 31.3. The van der Waals surface area contributed by atoms with Crippen LogP contribution in [0.2, 0.25) is 13.3 Å². The average Bonchev–Trinajstić information content (AvgIpc) is 1.43. The van der Waals surface area contributed by atoms with Crippen LogP contribution in [0.25, 0.3) is 33.0 Å². The summed E-state index contributed by atoms with van der Waals surface area (Å²) < 4.78 is 39.8. The molecular formula is C82H132BrF2N19O2Sn. The van der Waals surface area contributed by atoms with Crippen LogP contribution < -0.4 is 20.9 Å². The first-order valence-electron chi connectivity index (χ1n) is 38.2. The van der Waals surface area contributed by atoms with Crippen LogP contribution in [0.4, 0.5) is 14.6 Å². The molecule has 8 heterocycles. The molecule has 592 valence electrons. The molecule has 6 aromatic heterocycles. The Morgan fingerprint density at radius 3 is 1.40 bits per heavy atom. The first-order chi connectivity index (χ1) is 51.1. The summed E-state index contributed by atoms with van der Waals surface area (Å²) in [7, 11) is 3.33. The van der Waals surface area contributed by atoms with Crippen molar-refractivity contribution in [2.24, 2.45) is 5.11 Å². The van der Waals surface area contributed by atoms with Crippen LogP contribution in [0, 0.1) is 70.2 Å². The monoisotopic (exact) mass is 1650 g/mol. The van der Waals surface area contributed by atoms with Crippen molar-refractivity contribution >= 4 is 51.9 Å². The summed E-state index contributed by atoms with van der Waals surface area (Å²) in [5.74, 6) is 3.26. The molecule has 0 spiro atoms. The molecule has 0 fully saturated rings. The van der Waals surface area contributed by atoms with Gasteiger partial charge in [0.15, 0.2) is 0 Å². The van der Waals surface area contributed by atoms with Gasteiger partial charge in [0.25, 0.3) is 11.8 Å². The van der Waals surface area contributed by atoms with E-state index in [4.69, 9.17) is 10.5 Å². The summed E-state index contributed by atoms with van der Waals surface area (Å²) in [4.78, 5) is 40.8. The largest absolute Gasteiger partial charge is 0.355 e. The number of unbranched alkanes of at least 4 members (excludes halogenated alkanes) is 3. The first-order valence-corrected chi connectivity index (χ1v) is 46.5. The maximum atomic E-state index is 12.9. The van der Waals surface area contributed by atoms with Crippen LogP contribution in [0.15, 0.2) is 82.4 Å². The number of fused-ring (bicyclic) bond motifs is 2. The summed E-state index contributed by atoms with van der Waals surface area (Å²) in [5.41, 5.74) is 23.8. The number of carbonyl (C=O) groups excluding carboxylic acids is 2. The topological polar surface area (TPSA) is 253 Å². The van der Waals surface area contributed by atoms with Gasteiger partial charge >= 0.3 is 108 Å². The van der Waals surface area contributed by atoms with Crippen molar-refractivity contribution < 1.29 is 18.4 Å². The number of nitrogens with one attached hydrogen (secondary N) is 3. The number of halogens is 3. The first kappa shape index (κ1) is 101. The Morgan fingerprint density at radius 1 is 0.589 bits per heavy atom. The van der Waals surface area contributed by atoms with Gasteiger partial charge in [-0.05, 0) is 181 Å². The fourth-order valence-corrected chi connectivity index (χ4v) is 25.0. The van der Waals surface area contributed by atoms with Crippen LogP contribution in [-0.4, -0.2) is 124 Å². The second-order valence-electron chi connectivity index (χ2n) is 23.7. The summed E-state index contributed by atoms with van der Waals surface area (Å²) in [6, 6.07) is 22.0. The number of rotatable bonds is 18. The molecule has 0 atom stereocenters. The van der Waals surface area contributed by atoms with Crippen LogP contribution >= 0.6 is 15.9 Å². The van der Waals surface area contributed by atoms with E-state index in [1.54, 1.807) is 51.7 Å². The van der Waals surface area contributed by atoms with E-state index in [9.17, 15) is 18.4 Å². The zero-order valence-electron chi connectivity index (χ0n) is 69.0. The summed E-state index contributed by atoms with van der Waals surface area (Å²) in [6.45, 7) is 52.8. The molecule has 25 heteroatoms.